The summed E-state index contributed by atoms with van der Waals surface area (Å²) in [6, 6.07) is 0. The number of aliphatic hydroxyl groups is 5. The van der Waals surface area contributed by atoms with Gasteiger partial charge in [0, 0.05) is 0 Å². The molecule has 6 atom stereocenters. The molecular weight excluding hydrogens is 340 g/mol. The van der Waals surface area contributed by atoms with Gasteiger partial charge in [-0.1, -0.05) is 17.9 Å². The first kappa shape index (κ1) is 22.2. The Kier molecular flexibility index (Phi) is 10.7. The van der Waals surface area contributed by atoms with Crippen molar-refractivity contribution < 1.29 is 35.0 Å². The van der Waals surface area contributed by atoms with Gasteiger partial charge >= 0.3 is 0 Å². The fourth-order valence-corrected chi connectivity index (χ4v) is 2.20. The fourth-order valence-electron chi connectivity index (χ4n) is 2.20. The summed E-state index contributed by atoms with van der Waals surface area (Å²) in [6.07, 6.45) is -3.07. The standard InChI is InChI=1S/C19H24O7/c1-2-3-4-5-6-7-8-9-10-11-14(12-20)25-19-18(24)17(23)16(22)15(13-21)26-19/h8-9,14-24H,10-13H2,1H3/b9-8+/t14?,15-,16-,17+,18-,19-/m1/s1. The molecule has 0 bridgehead atoms. The Bertz CT molecular complexity index is 623. The topological polar surface area (TPSA) is 120 Å². The van der Waals surface area contributed by atoms with Crippen LogP contribution < -0.4 is 0 Å². The Hall–Kier alpha value is -1.86. The third-order valence-corrected chi connectivity index (χ3v) is 3.62. The predicted molar refractivity (Wildman–Crippen MR) is 93.1 cm³/mol. The summed E-state index contributed by atoms with van der Waals surface area (Å²) < 4.78 is 10.7. The van der Waals surface area contributed by atoms with Gasteiger partial charge in [0.15, 0.2) is 6.29 Å². The van der Waals surface area contributed by atoms with Crippen LogP contribution in [0.4, 0.5) is 0 Å². The van der Waals surface area contributed by atoms with E-state index in [2.05, 4.69) is 35.5 Å². The molecule has 1 aliphatic rings. The molecule has 7 heteroatoms. The minimum atomic E-state index is -1.51. The van der Waals surface area contributed by atoms with E-state index in [1.54, 1.807) is 19.1 Å². The molecule has 0 radical (unpaired) electrons. The highest BCUT2D eigenvalue weighted by Crippen LogP contribution is 2.23. The van der Waals surface area contributed by atoms with Gasteiger partial charge in [-0.3, -0.25) is 0 Å². The number of hydrogen-bond acceptors (Lipinski definition) is 7. The molecule has 0 spiro atoms. The molecule has 0 aromatic rings. The zero-order chi connectivity index (χ0) is 19.4. The minimum Gasteiger partial charge on any atom is -0.394 e. The zero-order valence-electron chi connectivity index (χ0n) is 14.5. The maximum atomic E-state index is 9.92. The molecular formula is C19H24O7. The molecule has 142 valence electrons. The van der Waals surface area contributed by atoms with Crippen LogP contribution in [0.3, 0.4) is 0 Å². The Balaban J connectivity index is 2.48. The second kappa shape index (κ2) is 12.5. The van der Waals surface area contributed by atoms with E-state index in [0.717, 1.165) is 0 Å². The largest absolute Gasteiger partial charge is 0.394 e. The molecule has 1 aliphatic heterocycles. The molecule has 26 heavy (non-hydrogen) atoms. The van der Waals surface area contributed by atoms with Crippen LogP contribution in [0.5, 0.6) is 0 Å². The molecule has 1 fully saturated rings. The molecule has 1 rings (SSSR count). The Morgan fingerprint density at radius 3 is 2.42 bits per heavy atom. The van der Waals surface area contributed by atoms with E-state index in [1.807, 2.05) is 0 Å². The Labute approximate surface area is 153 Å². The van der Waals surface area contributed by atoms with Crippen LogP contribution in [-0.4, -0.2) is 75.6 Å². The highest BCUT2D eigenvalue weighted by atomic mass is 16.7. The van der Waals surface area contributed by atoms with E-state index in [0.29, 0.717) is 12.8 Å². The first-order valence-electron chi connectivity index (χ1n) is 8.19. The van der Waals surface area contributed by atoms with Crippen molar-refractivity contribution in [3.8, 4) is 35.5 Å². The summed E-state index contributed by atoms with van der Waals surface area (Å²) in [4.78, 5) is 0. The van der Waals surface area contributed by atoms with Crippen molar-refractivity contribution in [1.82, 2.24) is 0 Å². The van der Waals surface area contributed by atoms with E-state index in [9.17, 15) is 20.4 Å². The number of aliphatic hydroxyl groups excluding tert-OH is 5. The van der Waals surface area contributed by atoms with Gasteiger partial charge in [0.25, 0.3) is 0 Å². The highest BCUT2D eigenvalue weighted by molar-refractivity contribution is 5.37. The lowest BCUT2D eigenvalue weighted by Crippen LogP contribution is -2.59. The average molecular weight is 364 g/mol. The van der Waals surface area contributed by atoms with Gasteiger partial charge in [0.05, 0.1) is 19.3 Å². The van der Waals surface area contributed by atoms with Crippen molar-refractivity contribution in [1.29, 1.82) is 0 Å². The van der Waals surface area contributed by atoms with Gasteiger partial charge in [0.2, 0.25) is 0 Å². The first-order valence-corrected chi connectivity index (χ1v) is 8.19. The van der Waals surface area contributed by atoms with Crippen LogP contribution in [0.2, 0.25) is 0 Å². The maximum absolute atomic E-state index is 9.92. The summed E-state index contributed by atoms with van der Waals surface area (Å²) in [6.45, 7) is 0.824. The van der Waals surface area contributed by atoms with Crippen molar-refractivity contribution in [2.75, 3.05) is 13.2 Å². The molecule has 1 heterocycles. The van der Waals surface area contributed by atoms with Crippen molar-refractivity contribution in [2.45, 2.75) is 56.6 Å². The van der Waals surface area contributed by atoms with Gasteiger partial charge in [-0.25, -0.2) is 0 Å². The maximum Gasteiger partial charge on any atom is 0.187 e. The smallest absolute Gasteiger partial charge is 0.187 e. The van der Waals surface area contributed by atoms with Crippen molar-refractivity contribution >= 4 is 0 Å². The van der Waals surface area contributed by atoms with Crippen LogP contribution in [0.1, 0.15) is 19.8 Å². The van der Waals surface area contributed by atoms with Gasteiger partial charge < -0.3 is 35.0 Å². The van der Waals surface area contributed by atoms with E-state index < -0.39 is 43.4 Å². The zero-order valence-corrected chi connectivity index (χ0v) is 14.5. The fraction of sp³-hybridized carbons (Fsp3) is 0.579. The van der Waals surface area contributed by atoms with E-state index in [-0.39, 0.29) is 6.61 Å². The molecule has 7 nitrogen and oxygen atoms in total. The molecule has 0 amide bonds. The predicted octanol–water partition coefficient (Wildman–Crippen LogP) is -1.47. The average Bonchev–Trinajstić information content (AvgIpc) is 2.65. The number of ether oxygens (including phenoxy) is 2. The summed E-state index contributed by atoms with van der Waals surface area (Å²) in [5.74, 6) is 15.6. The third-order valence-electron chi connectivity index (χ3n) is 3.62. The summed E-state index contributed by atoms with van der Waals surface area (Å²) >= 11 is 0. The molecule has 0 aliphatic carbocycles. The lowest BCUT2D eigenvalue weighted by Gasteiger charge is -2.40. The van der Waals surface area contributed by atoms with Crippen molar-refractivity contribution in [2.24, 2.45) is 0 Å². The summed E-state index contributed by atoms with van der Waals surface area (Å²) in [7, 11) is 0. The normalized spacial score (nSPS) is 28.9. The van der Waals surface area contributed by atoms with Gasteiger partial charge in [-0.15, -0.1) is 0 Å². The third kappa shape index (κ3) is 7.17. The molecule has 5 N–H and O–H groups in total. The Morgan fingerprint density at radius 1 is 1.04 bits per heavy atom. The lowest BCUT2D eigenvalue weighted by atomic mass is 9.99. The summed E-state index contributed by atoms with van der Waals surface area (Å²) in [5.41, 5.74) is 0. The molecule has 1 unspecified atom stereocenters. The molecule has 0 saturated carbocycles. The number of allylic oxidation sites excluding steroid dienone is 2. The summed E-state index contributed by atoms with van der Waals surface area (Å²) in [5, 5.41) is 47.9. The van der Waals surface area contributed by atoms with Crippen LogP contribution >= 0.6 is 0 Å². The second-order valence-electron chi connectivity index (χ2n) is 5.51. The van der Waals surface area contributed by atoms with Crippen LogP contribution in [0, 0.1) is 35.5 Å². The van der Waals surface area contributed by atoms with E-state index in [1.165, 1.54) is 0 Å². The SMILES string of the molecule is CC#CC#CC#C/C=C/CCC(CO)O[C@@H]1O[C@H](CO)[C@@H](O)[C@H](O)[C@H]1O. The second-order valence-corrected chi connectivity index (χ2v) is 5.51. The Morgan fingerprint density at radius 2 is 1.77 bits per heavy atom. The molecule has 0 aromatic heterocycles. The monoisotopic (exact) mass is 364 g/mol. The van der Waals surface area contributed by atoms with Gasteiger partial charge in [-0.05, 0) is 49.5 Å². The number of rotatable bonds is 7. The quantitative estimate of drug-likeness (QED) is 0.350. The molecule has 1 saturated heterocycles. The number of hydrogen-bond donors (Lipinski definition) is 5. The lowest BCUT2D eigenvalue weighted by molar-refractivity contribution is -0.313. The van der Waals surface area contributed by atoms with Crippen LogP contribution in [-0.2, 0) is 9.47 Å². The van der Waals surface area contributed by atoms with Crippen molar-refractivity contribution in [3.05, 3.63) is 12.2 Å². The van der Waals surface area contributed by atoms with Crippen molar-refractivity contribution in [3.63, 3.8) is 0 Å². The van der Waals surface area contributed by atoms with Crippen LogP contribution in [0.25, 0.3) is 0 Å². The minimum absolute atomic E-state index is 0.324. The van der Waals surface area contributed by atoms with E-state index in [4.69, 9.17) is 14.6 Å². The highest BCUT2D eigenvalue weighted by Gasteiger charge is 2.44. The molecule has 0 aromatic carbocycles. The van der Waals surface area contributed by atoms with Gasteiger partial charge in [-0.2, -0.15) is 0 Å². The first-order chi connectivity index (χ1) is 12.5. The van der Waals surface area contributed by atoms with Crippen LogP contribution in [0.15, 0.2) is 12.2 Å². The van der Waals surface area contributed by atoms with E-state index >= 15 is 0 Å². The van der Waals surface area contributed by atoms with Gasteiger partial charge in [0.1, 0.15) is 24.4 Å².